The van der Waals surface area contributed by atoms with Gasteiger partial charge < -0.3 is 10.5 Å². The molecule has 1 rings (SSSR count). The zero-order valence-electron chi connectivity index (χ0n) is 5.80. The summed E-state index contributed by atoms with van der Waals surface area (Å²) in [5.41, 5.74) is 5.06. The molecule has 3 nitrogen and oxygen atoms in total. The Bertz CT molecular complexity index is 163. The van der Waals surface area contributed by atoms with Crippen molar-refractivity contribution in [1.29, 1.82) is 0 Å². The predicted octanol–water partition coefficient (Wildman–Crippen LogP) is 0.284. The first-order valence-electron chi connectivity index (χ1n) is 3.34. The smallest absolute Gasteiger partial charge is 0.306 e. The summed E-state index contributed by atoms with van der Waals surface area (Å²) in [5, 5.41) is 0. The van der Waals surface area contributed by atoms with Crippen molar-refractivity contribution in [2.75, 3.05) is 0 Å². The van der Waals surface area contributed by atoms with Gasteiger partial charge in [-0.25, -0.2) is 8.78 Å². The van der Waals surface area contributed by atoms with Gasteiger partial charge in [-0.2, -0.15) is 0 Å². The molecular weight excluding hydrogens is 156 g/mol. The Kier molecular flexibility index (Phi) is 2.38. The largest absolute Gasteiger partial charge is 0.460 e. The molecule has 1 saturated heterocycles. The molecule has 11 heavy (non-hydrogen) atoms. The van der Waals surface area contributed by atoms with Crippen LogP contribution in [0.5, 0.6) is 0 Å². The first-order chi connectivity index (χ1) is 5.11. The molecule has 1 aliphatic rings. The highest BCUT2D eigenvalue weighted by molar-refractivity contribution is 5.71. The van der Waals surface area contributed by atoms with Gasteiger partial charge in [-0.3, -0.25) is 4.79 Å². The van der Waals surface area contributed by atoms with E-state index in [-0.39, 0.29) is 6.42 Å². The lowest BCUT2D eigenvalue weighted by Crippen LogP contribution is -2.40. The van der Waals surface area contributed by atoms with Crippen LogP contribution in [-0.2, 0) is 9.53 Å². The second-order valence-corrected chi connectivity index (χ2v) is 2.48. The van der Waals surface area contributed by atoms with E-state index in [2.05, 4.69) is 4.74 Å². The fourth-order valence-electron chi connectivity index (χ4n) is 0.980. The lowest BCUT2D eigenvalue weighted by Gasteiger charge is -2.16. The van der Waals surface area contributed by atoms with Gasteiger partial charge in [-0.15, -0.1) is 0 Å². The van der Waals surface area contributed by atoms with Gasteiger partial charge in [0.15, 0.2) is 0 Å². The maximum atomic E-state index is 11.9. The molecule has 0 radical (unpaired) electrons. The Morgan fingerprint density at radius 1 is 1.64 bits per heavy atom. The lowest BCUT2D eigenvalue weighted by atomic mass is 10.1. The molecule has 1 aliphatic heterocycles. The third-order valence-electron chi connectivity index (χ3n) is 1.64. The van der Waals surface area contributed by atoms with Gasteiger partial charge in [0.05, 0.1) is 0 Å². The van der Waals surface area contributed by atoms with E-state index in [0.717, 1.165) is 0 Å². The van der Waals surface area contributed by atoms with Crippen molar-refractivity contribution in [3.8, 4) is 0 Å². The molecule has 2 N–H and O–H groups in total. The minimum absolute atomic E-state index is 0.199. The fourth-order valence-corrected chi connectivity index (χ4v) is 0.980. The molecular formula is C6H9F2NO2. The van der Waals surface area contributed by atoms with E-state index in [4.69, 9.17) is 5.73 Å². The van der Waals surface area contributed by atoms with E-state index in [1.807, 2.05) is 0 Å². The van der Waals surface area contributed by atoms with Crippen molar-refractivity contribution in [2.24, 2.45) is 5.73 Å². The van der Waals surface area contributed by atoms with Crippen LogP contribution in [0.3, 0.4) is 0 Å². The Morgan fingerprint density at radius 2 is 2.27 bits per heavy atom. The predicted molar refractivity (Wildman–Crippen MR) is 33.1 cm³/mol. The molecule has 5 heteroatoms. The van der Waals surface area contributed by atoms with E-state index < -0.39 is 24.5 Å². The van der Waals surface area contributed by atoms with Crippen LogP contribution in [0, 0.1) is 0 Å². The average Bonchev–Trinajstić information content (AvgIpc) is 2.34. The van der Waals surface area contributed by atoms with Gasteiger partial charge >= 0.3 is 5.97 Å². The molecule has 1 heterocycles. The Labute approximate surface area is 62.5 Å². The number of hydrogen-bond acceptors (Lipinski definition) is 3. The first-order valence-corrected chi connectivity index (χ1v) is 3.34. The Morgan fingerprint density at radius 3 is 2.64 bits per heavy atom. The highest BCUT2D eigenvalue weighted by Gasteiger charge is 2.33. The number of ether oxygens (including phenoxy) is 1. The number of alkyl halides is 2. The quantitative estimate of drug-likeness (QED) is 0.598. The van der Waals surface area contributed by atoms with Gasteiger partial charge in [-0.1, -0.05) is 0 Å². The number of cyclic esters (lactones) is 1. The van der Waals surface area contributed by atoms with Crippen LogP contribution >= 0.6 is 0 Å². The van der Waals surface area contributed by atoms with Crippen LogP contribution in [0.2, 0.25) is 0 Å². The third kappa shape index (κ3) is 1.86. The fraction of sp³-hybridized carbons (Fsp3) is 0.833. The molecule has 0 bridgehead atoms. The Balaban J connectivity index is 2.43. The highest BCUT2D eigenvalue weighted by atomic mass is 19.3. The summed E-state index contributed by atoms with van der Waals surface area (Å²) >= 11 is 0. The molecule has 0 aromatic heterocycles. The zero-order chi connectivity index (χ0) is 8.43. The first kappa shape index (κ1) is 8.39. The summed E-state index contributed by atoms with van der Waals surface area (Å²) in [7, 11) is 0. The topological polar surface area (TPSA) is 52.3 Å². The van der Waals surface area contributed by atoms with Crippen molar-refractivity contribution in [3.05, 3.63) is 0 Å². The van der Waals surface area contributed by atoms with Crippen LogP contribution in [0.25, 0.3) is 0 Å². The van der Waals surface area contributed by atoms with E-state index in [1.165, 1.54) is 0 Å². The molecule has 64 valence electrons. The van der Waals surface area contributed by atoms with Gasteiger partial charge in [0.2, 0.25) is 0 Å². The monoisotopic (exact) mass is 165 g/mol. The molecule has 0 saturated carbocycles. The highest BCUT2D eigenvalue weighted by Crippen LogP contribution is 2.19. The normalized spacial score (nSPS) is 27.3. The lowest BCUT2D eigenvalue weighted by molar-refractivity contribution is -0.143. The second kappa shape index (κ2) is 3.13. The number of nitrogens with two attached hydrogens (primary N) is 1. The number of hydrogen-bond donors (Lipinski definition) is 1. The van der Waals surface area contributed by atoms with Crippen LogP contribution in [0.4, 0.5) is 8.78 Å². The number of carbonyl (C=O) groups is 1. The number of halogens is 2. The summed E-state index contributed by atoms with van der Waals surface area (Å²) in [6.07, 6.45) is -2.90. The van der Waals surface area contributed by atoms with Crippen molar-refractivity contribution in [2.45, 2.75) is 31.4 Å². The molecule has 2 atom stereocenters. The standard InChI is InChI=1S/C6H9F2NO2/c7-6(8)5(9)3-1-2-4(10)11-3/h3,5-6H,1-2,9H2/t3-,5-/m0/s1. The number of rotatable bonds is 2. The molecule has 0 aromatic rings. The summed E-state index contributed by atoms with van der Waals surface area (Å²) in [6.45, 7) is 0. The molecule has 0 unspecified atom stereocenters. The van der Waals surface area contributed by atoms with Gasteiger partial charge in [0.25, 0.3) is 6.43 Å². The average molecular weight is 165 g/mol. The van der Waals surface area contributed by atoms with Crippen molar-refractivity contribution >= 4 is 5.97 Å². The SMILES string of the molecule is N[C@H](C(F)F)[C@@H]1CCC(=O)O1. The summed E-state index contributed by atoms with van der Waals surface area (Å²) < 4.78 is 28.3. The van der Waals surface area contributed by atoms with Crippen LogP contribution in [0.15, 0.2) is 0 Å². The van der Waals surface area contributed by atoms with Crippen LogP contribution in [0.1, 0.15) is 12.8 Å². The number of carbonyl (C=O) groups excluding carboxylic acids is 1. The summed E-state index contributed by atoms with van der Waals surface area (Å²) in [6, 6.07) is -1.33. The Hall–Kier alpha value is -0.710. The second-order valence-electron chi connectivity index (χ2n) is 2.48. The number of esters is 1. The zero-order valence-corrected chi connectivity index (χ0v) is 5.80. The van der Waals surface area contributed by atoms with Gasteiger partial charge in [0.1, 0.15) is 12.1 Å². The van der Waals surface area contributed by atoms with Gasteiger partial charge in [0, 0.05) is 6.42 Å². The maximum Gasteiger partial charge on any atom is 0.306 e. The summed E-state index contributed by atoms with van der Waals surface area (Å²) in [4.78, 5) is 10.5. The maximum absolute atomic E-state index is 11.9. The van der Waals surface area contributed by atoms with E-state index in [9.17, 15) is 13.6 Å². The minimum Gasteiger partial charge on any atom is -0.460 e. The van der Waals surface area contributed by atoms with E-state index in [0.29, 0.717) is 6.42 Å². The van der Waals surface area contributed by atoms with Crippen LogP contribution < -0.4 is 5.73 Å². The molecule has 0 aromatic carbocycles. The van der Waals surface area contributed by atoms with E-state index in [1.54, 1.807) is 0 Å². The van der Waals surface area contributed by atoms with Crippen molar-refractivity contribution in [3.63, 3.8) is 0 Å². The van der Waals surface area contributed by atoms with Gasteiger partial charge in [-0.05, 0) is 6.42 Å². The van der Waals surface area contributed by atoms with E-state index >= 15 is 0 Å². The summed E-state index contributed by atoms with van der Waals surface area (Å²) in [5.74, 6) is -0.439. The molecule has 0 aliphatic carbocycles. The minimum atomic E-state index is -2.62. The molecule has 1 fully saturated rings. The van der Waals surface area contributed by atoms with Crippen LogP contribution in [-0.4, -0.2) is 24.5 Å². The molecule has 0 spiro atoms. The molecule has 0 amide bonds. The third-order valence-corrected chi connectivity index (χ3v) is 1.64. The van der Waals surface area contributed by atoms with Crippen molar-refractivity contribution in [1.82, 2.24) is 0 Å². The van der Waals surface area contributed by atoms with Crippen molar-refractivity contribution < 1.29 is 18.3 Å².